The Labute approximate surface area is 110 Å². The van der Waals surface area contributed by atoms with Crippen LogP contribution in [0.1, 0.15) is 21.7 Å². The van der Waals surface area contributed by atoms with Crippen molar-refractivity contribution in [2.45, 2.75) is 12.8 Å². The fraction of sp³-hybridized carbons (Fsp3) is 0.214. The van der Waals surface area contributed by atoms with E-state index in [4.69, 9.17) is 0 Å². The van der Waals surface area contributed by atoms with E-state index in [0.717, 1.165) is 23.5 Å². The van der Waals surface area contributed by atoms with E-state index in [2.05, 4.69) is 24.3 Å². The zero-order chi connectivity index (χ0) is 11.9. The van der Waals surface area contributed by atoms with Crippen LogP contribution < -0.4 is 0 Å². The fourth-order valence-electron chi connectivity index (χ4n) is 1.55. The van der Waals surface area contributed by atoms with Crippen molar-refractivity contribution in [3.8, 4) is 0 Å². The lowest BCUT2D eigenvalue weighted by atomic mass is 10.1. The summed E-state index contributed by atoms with van der Waals surface area (Å²) in [5.74, 6) is 0.894. The van der Waals surface area contributed by atoms with Crippen molar-refractivity contribution in [1.82, 2.24) is 0 Å². The van der Waals surface area contributed by atoms with Gasteiger partial charge in [-0.2, -0.15) is 0 Å². The first-order chi connectivity index (χ1) is 8.36. The van der Waals surface area contributed by atoms with Crippen LogP contribution in [0.4, 0.5) is 0 Å². The van der Waals surface area contributed by atoms with Gasteiger partial charge < -0.3 is 0 Å². The summed E-state index contributed by atoms with van der Waals surface area (Å²) in [7, 11) is 0. The van der Waals surface area contributed by atoms with Gasteiger partial charge in [-0.1, -0.05) is 48.2 Å². The Bertz CT molecular complexity index is 448. The number of thioether (sulfide) groups is 1. The van der Waals surface area contributed by atoms with Gasteiger partial charge >= 0.3 is 0 Å². The molecule has 17 heavy (non-hydrogen) atoms. The molecule has 0 bridgehead atoms. The predicted molar refractivity (Wildman–Crippen MR) is 75.9 cm³/mol. The molecule has 0 saturated carbocycles. The summed E-state index contributed by atoms with van der Waals surface area (Å²) in [5, 5.41) is 2.14. The molecule has 1 aromatic heterocycles. The van der Waals surface area contributed by atoms with Crippen molar-refractivity contribution in [3.63, 3.8) is 0 Å². The molecule has 88 valence electrons. The molecule has 0 aliphatic rings. The number of carbonyl (C=O) groups is 1. The highest BCUT2D eigenvalue weighted by atomic mass is 32.2. The highest BCUT2D eigenvalue weighted by molar-refractivity contribution is 8.14. The van der Waals surface area contributed by atoms with Crippen molar-refractivity contribution in [1.29, 1.82) is 0 Å². The standard InChI is InChI=1S/C14H14OS2/c15-14(13-9-5-10-16-13)17-11-4-8-12-6-2-1-3-7-12/h1-3,5-7,9-10H,4,8,11H2. The Kier molecular flexibility index (Phi) is 4.83. The molecule has 0 unspecified atom stereocenters. The van der Waals surface area contributed by atoms with E-state index < -0.39 is 0 Å². The lowest BCUT2D eigenvalue weighted by Crippen LogP contribution is -1.93. The van der Waals surface area contributed by atoms with Crippen LogP contribution in [-0.4, -0.2) is 10.9 Å². The summed E-state index contributed by atoms with van der Waals surface area (Å²) >= 11 is 2.94. The quantitative estimate of drug-likeness (QED) is 0.749. The molecule has 0 aliphatic heterocycles. The summed E-state index contributed by atoms with van der Waals surface area (Å²) < 4.78 is 0. The van der Waals surface area contributed by atoms with Crippen LogP contribution >= 0.6 is 23.1 Å². The van der Waals surface area contributed by atoms with Crippen LogP contribution in [0.3, 0.4) is 0 Å². The molecule has 0 fully saturated rings. The number of benzene rings is 1. The molecule has 2 aromatic rings. The van der Waals surface area contributed by atoms with Crippen molar-refractivity contribution >= 4 is 28.2 Å². The second kappa shape index (κ2) is 6.62. The maximum Gasteiger partial charge on any atom is 0.229 e. The first kappa shape index (κ1) is 12.4. The van der Waals surface area contributed by atoms with Gasteiger partial charge in [0, 0.05) is 5.75 Å². The molecule has 0 saturated heterocycles. The first-order valence-corrected chi connectivity index (χ1v) is 7.47. The van der Waals surface area contributed by atoms with Crippen molar-refractivity contribution in [2.75, 3.05) is 5.75 Å². The second-order valence-electron chi connectivity index (χ2n) is 3.70. The van der Waals surface area contributed by atoms with Gasteiger partial charge in [-0.3, -0.25) is 4.79 Å². The van der Waals surface area contributed by atoms with Crippen LogP contribution in [0.25, 0.3) is 0 Å². The molecule has 0 N–H and O–H groups in total. The van der Waals surface area contributed by atoms with Crippen LogP contribution in [0.15, 0.2) is 47.8 Å². The third-order valence-corrected chi connectivity index (χ3v) is 4.38. The van der Waals surface area contributed by atoms with E-state index in [1.54, 1.807) is 0 Å². The van der Waals surface area contributed by atoms with E-state index in [1.165, 1.54) is 28.7 Å². The normalized spacial score (nSPS) is 10.4. The molecule has 0 spiro atoms. The summed E-state index contributed by atoms with van der Waals surface area (Å²) in [6.07, 6.45) is 2.09. The summed E-state index contributed by atoms with van der Waals surface area (Å²) in [4.78, 5) is 12.5. The molecular formula is C14H14OS2. The van der Waals surface area contributed by atoms with E-state index in [1.807, 2.05) is 23.6 Å². The maximum atomic E-state index is 11.7. The number of hydrogen-bond donors (Lipinski definition) is 0. The number of carbonyl (C=O) groups excluding carboxylic acids is 1. The van der Waals surface area contributed by atoms with Gasteiger partial charge in [-0.25, -0.2) is 0 Å². The molecular weight excluding hydrogens is 248 g/mol. The number of thiophene rings is 1. The van der Waals surface area contributed by atoms with Crippen LogP contribution in [-0.2, 0) is 6.42 Å². The fourth-order valence-corrected chi connectivity index (χ4v) is 3.11. The SMILES string of the molecule is O=C(SCCCc1ccccc1)c1cccs1. The van der Waals surface area contributed by atoms with E-state index in [0.29, 0.717) is 0 Å². The minimum atomic E-state index is 0.202. The molecule has 0 atom stereocenters. The molecule has 0 aliphatic carbocycles. The maximum absolute atomic E-state index is 11.7. The molecule has 3 heteroatoms. The molecule has 1 heterocycles. The average molecular weight is 262 g/mol. The molecule has 0 amide bonds. The number of rotatable bonds is 5. The van der Waals surface area contributed by atoms with Crippen molar-refractivity contribution < 1.29 is 4.79 Å². The molecule has 1 aromatic carbocycles. The second-order valence-corrected chi connectivity index (χ2v) is 5.72. The van der Waals surface area contributed by atoms with Gasteiger partial charge in [0.15, 0.2) is 0 Å². The Balaban J connectivity index is 1.69. The van der Waals surface area contributed by atoms with Gasteiger partial charge in [0.05, 0.1) is 4.88 Å². The zero-order valence-corrected chi connectivity index (χ0v) is 11.1. The summed E-state index contributed by atoms with van der Waals surface area (Å²) in [5.41, 5.74) is 1.34. The van der Waals surface area contributed by atoms with E-state index in [9.17, 15) is 4.79 Å². The summed E-state index contributed by atoms with van der Waals surface area (Å²) in [6.45, 7) is 0. The van der Waals surface area contributed by atoms with Gasteiger partial charge in [0.1, 0.15) is 0 Å². The Morgan fingerprint density at radius 3 is 2.65 bits per heavy atom. The van der Waals surface area contributed by atoms with Gasteiger partial charge in [0.25, 0.3) is 0 Å². The highest BCUT2D eigenvalue weighted by Crippen LogP contribution is 2.18. The Morgan fingerprint density at radius 1 is 1.12 bits per heavy atom. The van der Waals surface area contributed by atoms with Crippen LogP contribution in [0, 0.1) is 0 Å². The lowest BCUT2D eigenvalue weighted by molar-refractivity contribution is 0.109. The minimum Gasteiger partial charge on any atom is -0.281 e. The van der Waals surface area contributed by atoms with E-state index in [-0.39, 0.29) is 5.12 Å². The predicted octanol–water partition coefficient (Wildman–Crippen LogP) is 4.25. The van der Waals surface area contributed by atoms with Crippen molar-refractivity contribution in [2.24, 2.45) is 0 Å². The highest BCUT2D eigenvalue weighted by Gasteiger charge is 2.06. The van der Waals surface area contributed by atoms with Crippen LogP contribution in [0.5, 0.6) is 0 Å². The average Bonchev–Trinajstić information content (AvgIpc) is 2.89. The monoisotopic (exact) mass is 262 g/mol. The minimum absolute atomic E-state index is 0.202. The topological polar surface area (TPSA) is 17.1 Å². The summed E-state index contributed by atoms with van der Waals surface area (Å²) in [6, 6.07) is 14.2. The number of hydrogen-bond acceptors (Lipinski definition) is 3. The Morgan fingerprint density at radius 2 is 1.94 bits per heavy atom. The smallest absolute Gasteiger partial charge is 0.229 e. The van der Waals surface area contributed by atoms with Gasteiger partial charge in [-0.05, 0) is 29.9 Å². The third-order valence-electron chi connectivity index (χ3n) is 2.41. The van der Waals surface area contributed by atoms with E-state index >= 15 is 0 Å². The Hall–Kier alpha value is -1.06. The van der Waals surface area contributed by atoms with Gasteiger partial charge in [0.2, 0.25) is 5.12 Å². The number of aryl methyl sites for hydroxylation is 1. The van der Waals surface area contributed by atoms with Crippen LogP contribution in [0.2, 0.25) is 0 Å². The lowest BCUT2D eigenvalue weighted by Gasteiger charge is -2.00. The molecule has 1 nitrogen and oxygen atoms in total. The third kappa shape index (κ3) is 4.02. The molecule has 0 radical (unpaired) electrons. The first-order valence-electron chi connectivity index (χ1n) is 5.61. The van der Waals surface area contributed by atoms with Crippen molar-refractivity contribution in [3.05, 3.63) is 58.3 Å². The molecule has 2 rings (SSSR count). The largest absolute Gasteiger partial charge is 0.281 e. The zero-order valence-electron chi connectivity index (χ0n) is 9.46. The van der Waals surface area contributed by atoms with Gasteiger partial charge in [-0.15, -0.1) is 11.3 Å².